The lowest BCUT2D eigenvalue weighted by atomic mass is 10.3. The lowest BCUT2D eigenvalue weighted by Crippen LogP contribution is -2.36. The molecule has 0 radical (unpaired) electrons. The van der Waals surface area contributed by atoms with Crippen molar-refractivity contribution in [3.05, 3.63) is 54.6 Å². The third kappa shape index (κ3) is 5.70. The van der Waals surface area contributed by atoms with E-state index in [1.54, 1.807) is 12.1 Å². The van der Waals surface area contributed by atoms with Crippen LogP contribution in [0.5, 0.6) is 11.5 Å². The minimum absolute atomic E-state index is 0.131. The van der Waals surface area contributed by atoms with E-state index in [0.29, 0.717) is 30.3 Å². The zero-order valence-corrected chi connectivity index (χ0v) is 12.8. The number of para-hydroxylation sites is 3. The second-order valence-corrected chi connectivity index (χ2v) is 4.78. The van der Waals surface area contributed by atoms with Gasteiger partial charge in [-0.3, -0.25) is 4.79 Å². The first-order chi connectivity index (χ1) is 11.1. The molecule has 6 heteroatoms. The van der Waals surface area contributed by atoms with Crippen LogP contribution < -0.4 is 20.7 Å². The van der Waals surface area contributed by atoms with E-state index in [-0.39, 0.29) is 11.9 Å². The molecule has 0 aromatic heterocycles. The van der Waals surface area contributed by atoms with Gasteiger partial charge in [-0.25, -0.2) is 4.79 Å². The molecule has 0 saturated heterocycles. The van der Waals surface area contributed by atoms with Gasteiger partial charge in [0.15, 0.2) is 5.75 Å². The second-order valence-electron chi connectivity index (χ2n) is 4.78. The Morgan fingerprint density at radius 2 is 1.57 bits per heavy atom. The van der Waals surface area contributed by atoms with Crippen LogP contribution in [0.2, 0.25) is 0 Å². The minimum atomic E-state index is -0.362. The van der Waals surface area contributed by atoms with E-state index < -0.39 is 0 Å². The van der Waals surface area contributed by atoms with Gasteiger partial charge in [0.05, 0.1) is 5.69 Å². The van der Waals surface area contributed by atoms with Crippen molar-refractivity contribution in [3.63, 3.8) is 0 Å². The minimum Gasteiger partial charge on any atom is -0.455 e. The van der Waals surface area contributed by atoms with Crippen LogP contribution in [0.4, 0.5) is 10.5 Å². The van der Waals surface area contributed by atoms with Gasteiger partial charge in [0.2, 0.25) is 5.91 Å². The fraction of sp³-hybridized carbons (Fsp3) is 0.176. The molecule has 0 aliphatic carbocycles. The van der Waals surface area contributed by atoms with Crippen LogP contribution in [0.3, 0.4) is 0 Å². The SMILES string of the molecule is CC(=O)NCCNC(=O)Nc1ccccc1Oc1ccccc1. The summed E-state index contributed by atoms with van der Waals surface area (Å²) in [4.78, 5) is 22.6. The molecule has 3 amide bonds. The Labute approximate surface area is 134 Å². The van der Waals surface area contributed by atoms with Crippen molar-refractivity contribution in [2.75, 3.05) is 18.4 Å². The predicted octanol–water partition coefficient (Wildman–Crippen LogP) is 2.74. The summed E-state index contributed by atoms with van der Waals surface area (Å²) >= 11 is 0. The zero-order valence-electron chi connectivity index (χ0n) is 12.8. The van der Waals surface area contributed by atoms with E-state index in [1.165, 1.54) is 6.92 Å². The highest BCUT2D eigenvalue weighted by Gasteiger charge is 2.07. The molecule has 6 nitrogen and oxygen atoms in total. The van der Waals surface area contributed by atoms with Crippen molar-refractivity contribution < 1.29 is 14.3 Å². The number of hydrogen-bond acceptors (Lipinski definition) is 3. The highest BCUT2D eigenvalue weighted by atomic mass is 16.5. The molecule has 0 spiro atoms. The van der Waals surface area contributed by atoms with Gasteiger partial charge in [-0.2, -0.15) is 0 Å². The number of benzene rings is 2. The molecule has 3 N–H and O–H groups in total. The normalized spacial score (nSPS) is 9.78. The smallest absolute Gasteiger partial charge is 0.319 e. The standard InChI is InChI=1S/C17H19N3O3/c1-13(21)18-11-12-19-17(22)20-15-9-5-6-10-16(15)23-14-7-3-2-4-8-14/h2-10H,11-12H2,1H3,(H,18,21)(H2,19,20,22). The van der Waals surface area contributed by atoms with Crippen LogP contribution in [0.25, 0.3) is 0 Å². The van der Waals surface area contributed by atoms with Crippen molar-refractivity contribution in [2.45, 2.75) is 6.92 Å². The summed E-state index contributed by atoms with van der Waals surface area (Å²) in [7, 11) is 0. The third-order valence-electron chi connectivity index (χ3n) is 2.89. The molecular weight excluding hydrogens is 294 g/mol. The Morgan fingerprint density at radius 3 is 2.30 bits per heavy atom. The molecule has 0 atom stereocenters. The molecule has 2 aromatic carbocycles. The van der Waals surface area contributed by atoms with E-state index in [2.05, 4.69) is 16.0 Å². The Bertz CT molecular complexity index is 659. The maximum absolute atomic E-state index is 11.9. The Balaban J connectivity index is 1.92. The number of nitrogens with one attached hydrogen (secondary N) is 3. The van der Waals surface area contributed by atoms with Crippen LogP contribution >= 0.6 is 0 Å². The van der Waals surface area contributed by atoms with E-state index in [0.717, 1.165) is 0 Å². The number of carbonyl (C=O) groups excluding carboxylic acids is 2. The fourth-order valence-corrected chi connectivity index (χ4v) is 1.86. The van der Waals surface area contributed by atoms with Crippen LogP contribution in [0.1, 0.15) is 6.92 Å². The first-order valence-electron chi connectivity index (χ1n) is 7.26. The summed E-state index contributed by atoms with van der Waals surface area (Å²) < 4.78 is 5.77. The number of carbonyl (C=O) groups is 2. The Kier molecular flexibility index (Phi) is 5.99. The highest BCUT2D eigenvalue weighted by molar-refractivity contribution is 5.91. The quantitative estimate of drug-likeness (QED) is 0.717. The molecule has 0 saturated carbocycles. The largest absolute Gasteiger partial charge is 0.455 e. The van der Waals surface area contributed by atoms with Crippen molar-refractivity contribution >= 4 is 17.6 Å². The van der Waals surface area contributed by atoms with Gasteiger partial charge in [-0.05, 0) is 24.3 Å². The number of hydrogen-bond donors (Lipinski definition) is 3. The first-order valence-corrected chi connectivity index (χ1v) is 7.26. The summed E-state index contributed by atoms with van der Waals surface area (Å²) in [6.07, 6.45) is 0. The fourth-order valence-electron chi connectivity index (χ4n) is 1.86. The number of rotatable bonds is 6. The van der Waals surface area contributed by atoms with Crippen molar-refractivity contribution in [2.24, 2.45) is 0 Å². The average Bonchev–Trinajstić information content (AvgIpc) is 2.54. The van der Waals surface area contributed by atoms with E-state index >= 15 is 0 Å². The maximum atomic E-state index is 11.9. The van der Waals surface area contributed by atoms with E-state index in [4.69, 9.17) is 4.74 Å². The molecule has 0 fully saturated rings. The molecule has 0 unspecified atom stereocenters. The van der Waals surface area contributed by atoms with Crippen LogP contribution in [0, 0.1) is 0 Å². The summed E-state index contributed by atoms with van der Waals surface area (Å²) in [6.45, 7) is 2.15. The summed E-state index contributed by atoms with van der Waals surface area (Å²) in [5, 5.41) is 7.99. The summed E-state index contributed by atoms with van der Waals surface area (Å²) in [5.41, 5.74) is 0.563. The molecule has 23 heavy (non-hydrogen) atoms. The molecule has 0 bridgehead atoms. The van der Waals surface area contributed by atoms with Crippen molar-refractivity contribution in [1.29, 1.82) is 0 Å². The number of amides is 3. The monoisotopic (exact) mass is 313 g/mol. The van der Waals surface area contributed by atoms with Gasteiger partial charge in [-0.1, -0.05) is 30.3 Å². The third-order valence-corrected chi connectivity index (χ3v) is 2.89. The maximum Gasteiger partial charge on any atom is 0.319 e. The van der Waals surface area contributed by atoms with Gasteiger partial charge >= 0.3 is 6.03 Å². The molecular formula is C17H19N3O3. The van der Waals surface area contributed by atoms with Crippen LogP contribution in [-0.2, 0) is 4.79 Å². The van der Waals surface area contributed by atoms with Gasteiger partial charge in [0, 0.05) is 20.0 Å². The van der Waals surface area contributed by atoms with Gasteiger partial charge in [0.25, 0.3) is 0 Å². The number of urea groups is 1. The van der Waals surface area contributed by atoms with Crippen molar-refractivity contribution in [3.8, 4) is 11.5 Å². The van der Waals surface area contributed by atoms with Gasteiger partial charge < -0.3 is 20.7 Å². The lowest BCUT2D eigenvalue weighted by Gasteiger charge is -2.13. The van der Waals surface area contributed by atoms with Crippen LogP contribution in [-0.4, -0.2) is 25.0 Å². The Morgan fingerprint density at radius 1 is 0.913 bits per heavy atom. The zero-order chi connectivity index (χ0) is 16.5. The lowest BCUT2D eigenvalue weighted by molar-refractivity contribution is -0.118. The molecule has 0 aliphatic heterocycles. The Hall–Kier alpha value is -3.02. The number of anilines is 1. The molecule has 120 valence electrons. The average molecular weight is 313 g/mol. The molecule has 0 aliphatic rings. The van der Waals surface area contributed by atoms with E-state index in [9.17, 15) is 9.59 Å². The predicted molar refractivity (Wildman–Crippen MR) is 88.7 cm³/mol. The molecule has 0 heterocycles. The number of ether oxygens (including phenoxy) is 1. The van der Waals surface area contributed by atoms with Gasteiger partial charge in [0.1, 0.15) is 5.75 Å². The summed E-state index contributed by atoms with van der Waals surface area (Å²) in [5.74, 6) is 1.11. The summed E-state index contributed by atoms with van der Waals surface area (Å²) in [6, 6.07) is 16.1. The highest BCUT2D eigenvalue weighted by Crippen LogP contribution is 2.28. The molecule has 2 aromatic rings. The van der Waals surface area contributed by atoms with Crippen LogP contribution in [0.15, 0.2) is 54.6 Å². The first kappa shape index (κ1) is 16.4. The van der Waals surface area contributed by atoms with Gasteiger partial charge in [-0.15, -0.1) is 0 Å². The van der Waals surface area contributed by atoms with E-state index in [1.807, 2.05) is 42.5 Å². The van der Waals surface area contributed by atoms with Crippen molar-refractivity contribution in [1.82, 2.24) is 10.6 Å². The topological polar surface area (TPSA) is 79.5 Å². The second kappa shape index (κ2) is 8.43. The molecule has 2 rings (SSSR count).